The number of amides is 2. The lowest BCUT2D eigenvalue weighted by Gasteiger charge is -2.34. The highest BCUT2D eigenvalue weighted by Crippen LogP contribution is 2.37. The molecule has 8 nitrogen and oxygen atoms in total. The van der Waals surface area contributed by atoms with Crippen molar-refractivity contribution in [3.8, 4) is 5.75 Å². The third kappa shape index (κ3) is 6.80. The number of hydrogen-bond acceptors (Lipinski definition) is 6. The highest BCUT2D eigenvalue weighted by molar-refractivity contribution is 5.99. The lowest BCUT2D eigenvalue weighted by Crippen LogP contribution is -2.47. The van der Waals surface area contributed by atoms with Crippen LogP contribution in [0.1, 0.15) is 44.3 Å². The summed E-state index contributed by atoms with van der Waals surface area (Å²) >= 11 is 0. The zero-order chi connectivity index (χ0) is 24.5. The van der Waals surface area contributed by atoms with Crippen molar-refractivity contribution in [2.75, 3.05) is 57.3 Å². The number of carbonyl (C=O) groups is 2. The largest absolute Gasteiger partial charge is 0.472 e. The van der Waals surface area contributed by atoms with Gasteiger partial charge in [-0.3, -0.25) is 14.5 Å². The fourth-order valence-electron chi connectivity index (χ4n) is 4.72. The quantitative estimate of drug-likeness (QED) is 0.500. The van der Waals surface area contributed by atoms with Gasteiger partial charge >= 0.3 is 0 Å². The highest BCUT2D eigenvalue weighted by atomic mass is 16.5. The normalized spacial score (nSPS) is 18.7. The van der Waals surface area contributed by atoms with Gasteiger partial charge in [-0.1, -0.05) is 37.3 Å². The van der Waals surface area contributed by atoms with Crippen LogP contribution >= 0.6 is 0 Å². The molecule has 1 unspecified atom stereocenters. The first-order valence-electron chi connectivity index (χ1n) is 12.8. The van der Waals surface area contributed by atoms with E-state index in [2.05, 4.69) is 27.0 Å². The van der Waals surface area contributed by atoms with E-state index in [0.717, 1.165) is 44.7 Å². The third-order valence-electron chi connectivity index (χ3n) is 6.61. The number of fused-ring (bicyclic) bond motifs is 1. The van der Waals surface area contributed by atoms with Crippen LogP contribution in [0, 0.1) is 0 Å². The molecule has 0 aliphatic carbocycles. The molecule has 2 aliphatic rings. The van der Waals surface area contributed by atoms with Crippen molar-refractivity contribution in [2.45, 2.75) is 38.7 Å². The van der Waals surface area contributed by atoms with Crippen LogP contribution in [0.4, 0.5) is 5.82 Å². The minimum atomic E-state index is -0.703. The average Bonchev–Trinajstić information content (AvgIpc) is 2.89. The van der Waals surface area contributed by atoms with Gasteiger partial charge in [0.15, 0.2) is 11.6 Å². The Morgan fingerprint density at radius 1 is 1.00 bits per heavy atom. The molecular formula is C27H37N5O3. The van der Waals surface area contributed by atoms with Crippen LogP contribution in [0.5, 0.6) is 5.75 Å². The Kier molecular flexibility index (Phi) is 9.08. The summed E-state index contributed by atoms with van der Waals surface area (Å²) in [4.78, 5) is 36.7. The molecule has 35 heavy (non-hydrogen) atoms. The maximum atomic E-state index is 13.2. The molecule has 1 N–H and O–H groups in total. The van der Waals surface area contributed by atoms with E-state index in [1.165, 1.54) is 13.0 Å². The van der Waals surface area contributed by atoms with E-state index in [9.17, 15) is 9.59 Å². The molecule has 4 rings (SSSR count). The van der Waals surface area contributed by atoms with Crippen molar-refractivity contribution >= 4 is 17.6 Å². The summed E-state index contributed by atoms with van der Waals surface area (Å²) in [6, 6.07) is 13.1. The fourth-order valence-corrected chi connectivity index (χ4v) is 4.72. The molecule has 0 spiro atoms. The van der Waals surface area contributed by atoms with Gasteiger partial charge in [0.2, 0.25) is 12.0 Å². The number of hydrogen-bond donors (Lipinski definition) is 1. The van der Waals surface area contributed by atoms with E-state index < -0.39 is 6.10 Å². The molecule has 2 amide bonds. The van der Waals surface area contributed by atoms with Crippen LogP contribution < -0.4 is 15.0 Å². The number of ether oxygens (including phenoxy) is 1. The number of aromatic nitrogens is 1. The summed E-state index contributed by atoms with van der Waals surface area (Å²) in [6.45, 7) is 10.1. The highest BCUT2D eigenvalue weighted by Gasteiger charge is 2.36. The molecule has 1 saturated heterocycles. The van der Waals surface area contributed by atoms with Gasteiger partial charge in [0.05, 0.1) is 0 Å². The molecule has 1 aromatic carbocycles. The molecular weight excluding hydrogens is 442 g/mol. The van der Waals surface area contributed by atoms with Crippen molar-refractivity contribution in [2.24, 2.45) is 0 Å². The maximum Gasteiger partial charge on any atom is 0.274 e. The number of pyridine rings is 1. The molecule has 1 aromatic heterocycles. The minimum Gasteiger partial charge on any atom is -0.472 e. The average molecular weight is 480 g/mol. The van der Waals surface area contributed by atoms with E-state index in [4.69, 9.17) is 4.74 Å². The van der Waals surface area contributed by atoms with Gasteiger partial charge in [0, 0.05) is 57.4 Å². The SMILES string of the molecule is CCCN1CCN(CCCNC(=O)CCCN2C(=O)C(c3ccccc3)Oc3cccnc32)CC1. The predicted octanol–water partition coefficient (Wildman–Crippen LogP) is 2.86. The molecule has 2 aliphatic heterocycles. The Balaban J connectivity index is 1.20. The van der Waals surface area contributed by atoms with Crippen LogP contribution in [-0.4, -0.2) is 79.0 Å². The van der Waals surface area contributed by atoms with Gasteiger partial charge in [0.25, 0.3) is 5.91 Å². The smallest absolute Gasteiger partial charge is 0.274 e. The molecule has 8 heteroatoms. The molecule has 0 bridgehead atoms. The summed E-state index contributed by atoms with van der Waals surface area (Å²) in [7, 11) is 0. The van der Waals surface area contributed by atoms with E-state index in [1.54, 1.807) is 17.2 Å². The number of benzene rings is 1. The summed E-state index contributed by atoms with van der Waals surface area (Å²) in [5.41, 5.74) is 0.807. The van der Waals surface area contributed by atoms with Gasteiger partial charge in [0.1, 0.15) is 0 Å². The Labute approximate surface area is 208 Å². The zero-order valence-corrected chi connectivity index (χ0v) is 20.7. The van der Waals surface area contributed by atoms with E-state index in [1.807, 2.05) is 36.4 Å². The summed E-state index contributed by atoms with van der Waals surface area (Å²) in [6.07, 6.45) is 4.06. The molecule has 188 valence electrons. The second-order valence-electron chi connectivity index (χ2n) is 9.21. The van der Waals surface area contributed by atoms with Crippen LogP contribution in [0.2, 0.25) is 0 Å². The van der Waals surface area contributed by atoms with Gasteiger partial charge in [-0.05, 0) is 44.5 Å². The van der Waals surface area contributed by atoms with Crippen molar-refractivity contribution in [1.82, 2.24) is 20.1 Å². The van der Waals surface area contributed by atoms with Crippen LogP contribution in [0.15, 0.2) is 48.7 Å². The Morgan fingerprint density at radius 3 is 2.49 bits per heavy atom. The van der Waals surface area contributed by atoms with Crippen molar-refractivity contribution in [1.29, 1.82) is 0 Å². The monoisotopic (exact) mass is 479 g/mol. The van der Waals surface area contributed by atoms with E-state index in [-0.39, 0.29) is 11.8 Å². The third-order valence-corrected chi connectivity index (χ3v) is 6.61. The second-order valence-corrected chi connectivity index (χ2v) is 9.21. The number of carbonyl (C=O) groups excluding carboxylic acids is 2. The van der Waals surface area contributed by atoms with Gasteiger partial charge < -0.3 is 19.9 Å². The summed E-state index contributed by atoms with van der Waals surface area (Å²) < 4.78 is 5.98. The first-order valence-corrected chi connectivity index (χ1v) is 12.8. The summed E-state index contributed by atoms with van der Waals surface area (Å²) in [5, 5.41) is 3.03. The van der Waals surface area contributed by atoms with E-state index in [0.29, 0.717) is 37.5 Å². The molecule has 2 aromatic rings. The number of nitrogens with one attached hydrogen (secondary N) is 1. The molecule has 1 fully saturated rings. The molecule has 1 atom stereocenters. The fraction of sp³-hybridized carbons (Fsp3) is 0.519. The van der Waals surface area contributed by atoms with Crippen LogP contribution in [0.25, 0.3) is 0 Å². The molecule has 3 heterocycles. The summed E-state index contributed by atoms with van der Waals surface area (Å²) in [5.74, 6) is 0.978. The first-order chi connectivity index (χ1) is 17.2. The van der Waals surface area contributed by atoms with Crippen LogP contribution in [-0.2, 0) is 9.59 Å². The van der Waals surface area contributed by atoms with Crippen molar-refractivity contribution in [3.05, 3.63) is 54.2 Å². The number of nitrogens with zero attached hydrogens (tertiary/aromatic N) is 4. The van der Waals surface area contributed by atoms with Crippen molar-refractivity contribution < 1.29 is 14.3 Å². The first kappa shape index (κ1) is 25.1. The Morgan fingerprint density at radius 2 is 1.74 bits per heavy atom. The Hall–Kier alpha value is -2.97. The number of rotatable bonds is 11. The van der Waals surface area contributed by atoms with Gasteiger partial charge in [-0.2, -0.15) is 0 Å². The predicted molar refractivity (Wildman–Crippen MR) is 136 cm³/mol. The Bertz CT molecular complexity index is 962. The van der Waals surface area contributed by atoms with Crippen LogP contribution in [0.3, 0.4) is 0 Å². The standard InChI is InChI=1S/C27H37N5O3/c1-2-15-30-18-20-31(21-19-30)16-8-14-28-24(33)12-7-17-32-26-23(11-6-13-29-26)35-25(27(32)34)22-9-4-3-5-10-22/h3-6,9-11,13,25H,2,7-8,12,14-21H2,1H3,(H,28,33). The topological polar surface area (TPSA) is 78.0 Å². The van der Waals surface area contributed by atoms with E-state index >= 15 is 0 Å². The number of anilines is 1. The second kappa shape index (κ2) is 12.7. The minimum absolute atomic E-state index is 0.0272. The lowest BCUT2D eigenvalue weighted by atomic mass is 10.1. The van der Waals surface area contributed by atoms with Gasteiger partial charge in [-0.15, -0.1) is 0 Å². The lowest BCUT2D eigenvalue weighted by molar-refractivity contribution is -0.127. The maximum absolute atomic E-state index is 13.2. The molecule has 0 radical (unpaired) electrons. The van der Waals surface area contributed by atoms with Gasteiger partial charge in [-0.25, -0.2) is 4.98 Å². The number of piperazine rings is 1. The molecule has 0 saturated carbocycles. The van der Waals surface area contributed by atoms with Crippen molar-refractivity contribution in [3.63, 3.8) is 0 Å². The zero-order valence-electron chi connectivity index (χ0n) is 20.7.